The van der Waals surface area contributed by atoms with E-state index < -0.39 is 0 Å². The second-order valence-corrected chi connectivity index (χ2v) is 4.87. The summed E-state index contributed by atoms with van der Waals surface area (Å²) < 4.78 is 0. The van der Waals surface area contributed by atoms with E-state index in [4.69, 9.17) is 0 Å². The summed E-state index contributed by atoms with van der Waals surface area (Å²) in [5.41, 5.74) is 2.82. The van der Waals surface area contributed by atoms with Gasteiger partial charge in [-0.25, -0.2) is 0 Å². The smallest absolute Gasteiger partial charge is 0.0334 e. The fourth-order valence-corrected chi connectivity index (χ4v) is 2.62. The molecule has 2 aromatic carbocycles. The molecule has 0 saturated carbocycles. The summed E-state index contributed by atoms with van der Waals surface area (Å²) in [6.07, 6.45) is 3.28. The Labute approximate surface area is 102 Å². The first kappa shape index (κ1) is 11.3. The molecule has 0 nitrogen and oxygen atoms in total. The molecule has 0 aromatic heterocycles. The fourth-order valence-electron chi connectivity index (χ4n) is 1.83. The second-order valence-electron chi connectivity index (χ2n) is 3.82. The molecule has 0 heterocycles. The van der Waals surface area contributed by atoms with Gasteiger partial charge in [-0.3, -0.25) is 0 Å². The molecule has 0 spiro atoms. The molecule has 0 bridgehead atoms. The first-order chi connectivity index (χ1) is 7.90. The highest BCUT2D eigenvalue weighted by Crippen LogP contribution is 2.29. The van der Waals surface area contributed by atoms with E-state index in [1.165, 1.54) is 11.1 Å². The van der Waals surface area contributed by atoms with Crippen LogP contribution in [0, 0.1) is 0 Å². The molecule has 1 heteroatoms. The van der Waals surface area contributed by atoms with Crippen molar-refractivity contribution in [2.24, 2.45) is 0 Å². The third-order valence-corrected chi connectivity index (χ3v) is 3.73. The zero-order chi connectivity index (χ0) is 11.2. The normalized spacial score (nSPS) is 12.3. The highest BCUT2D eigenvalue weighted by molar-refractivity contribution is 7.98. The summed E-state index contributed by atoms with van der Waals surface area (Å²) in [6, 6.07) is 21.4. The third kappa shape index (κ3) is 2.89. The van der Waals surface area contributed by atoms with E-state index in [9.17, 15) is 0 Å². The average molecular weight is 228 g/mol. The van der Waals surface area contributed by atoms with Crippen LogP contribution in [0.1, 0.15) is 16.4 Å². The molecular formula is C15H16S. The minimum absolute atomic E-state index is 0.559. The molecule has 2 rings (SSSR count). The molecule has 0 radical (unpaired) electrons. The van der Waals surface area contributed by atoms with Crippen molar-refractivity contribution in [1.82, 2.24) is 0 Å². The molecule has 0 unspecified atom stereocenters. The fraction of sp³-hybridized carbons (Fsp3) is 0.200. The number of hydrogen-bond acceptors (Lipinski definition) is 1. The maximum Gasteiger partial charge on any atom is 0.0334 e. The van der Waals surface area contributed by atoms with Crippen LogP contribution in [0.2, 0.25) is 0 Å². The first-order valence-corrected chi connectivity index (χ1v) is 6.80. The Kier molecular flexibility index (Phi) is 4.06. The van der Waals surface area contributed by atoms with Gasteiger partial charge in [-0.2, -0.15) is 11.8 Å². The molecule has 0 aliphatic carbocycles. The Morgan fingerprint density at radius 2 is 1.44 bits per heavy atom. The van der Waals surface area contributed by atoms with E-state index in [0.29, 0.717) is 5.25 Å². The van der Waals surface area contributed by atoms with E-state index in [2.05, 4.69) is 66.9 Å². The van der Waals surface area contributed by atoms with Crippen molar-refractivity contribution in [2.45, 2.75) is 11.7 Å². The Morgan fingerprint density at radius 1 is 0.875 bits per heavy atom. The minimum atomic E-state index is 0.559. The van der Waals surface area contributed by atoms with Crippen LogP contribution < -0.4 is 0 Å². The van der Waals surface area contributed by atoms with Crippen molar-refractivity contribution in [3.05, 3.63) is 71.8 Å². The van der Waals surface area contributed by atoms with Crippen LogP contribution >= 0.6 is 11.8 Å². The van der Waals surface area contributed by atoms with Crippen LogP contribution in [0.5, 0.6) is 0 Å². The number of benzene rings is 2. The molecule has 0 fully saturated rings. The predicted octanol–water partition coefficient (Wildman–Crippen LogP) is 4.33. The predicted molar refractivity (Wildman–Crippen MR) is 72.8 cm³/mol. The number of thioether (sulfide) groups is 1. The van der Waals surface area contributed by atoms with Gasteiger partial charge in [0.2, 0.25) is 0 Å². The van der Waals surface area contributed by atoms with Crippen molar-refractivity contribution in [2.75, 3.05) is 6.26 Å². The van der Waals surface area contributed by atoms with E-state index in [-0.39, 0.29) is 0 Å². The summed E-state index contributed by atoms with van der Waals surface area (Å²) in [7, 11) is 0. The maximum absolute atomic E-state index is 2.21. The largest absolute Gasteiger partial charge is 0.157 e. The van der Waals surface area contributed by atoms with Crippen LogP contribution in [0.15, 0.2) is 60.7 Å². The lowest BCUT2D eigenvalue weighted by Gasteiger charge is -2.14. The Morgan fingerprint density at radius 3 is 2.00 bits per heavy atom. The van der Waals surface area contributed by atoms with Crippen LogP contribution in [0.25, 0.3) is 0 Å². The first-order valence-electron chi connectivity index (χ1n) is 5.52. The monoisotopic (exact) mass is 228 g/mol. The topological polar surface area (TPSA) is 0 Å². The van der Waals surface area contributed by atoms with E-state index in [1.807, 2.05) is 11.8 Å². The second kappa shape index (κ2) is 5.76. The Hall–Kier alpha value is -1.21. The molecule has 16 heavy (non-hydrogen) atoms. The zero-order valence-corrected chi connectivity index (χ0v) is 10.3. The minimum Gasteiger partial charge on any atom is -0.157 e. The molecule has 0 amide bonds. The number of rotatable bonds is 4. The highest BCUT2D eigenvalue weighted by Gasteiger charge is 2.09. The van der Waals surface area contributed by atoms with Crippen molar-refractivity contribution in [3.8, 4) is 0 Å². The quantitative estimate of drug-likeness (QED) is 0.750. The van der Waals surface area contributed by atoms with E-state index in [1.54, 1.807) is 0 Å². The van der Waals surface area contributed by atoms with Crippen molar-refractivity contribution < 1.29 is 0 Å². The summed E-state index contributed by atoms with van der Waals surface area (Å²) in [5.74, 6) is 0. The Balaban J connectivity index is 2.13. The molecule has 1 atom stereocenters. The van der Waals surface area contributed by atoms with Crippen molar-refractivity contribution in [1.29, 1.82) is 0 Å². The summed E-state index contributed by atoms with van der Waals surface area (Å²) >= 11 is 1.92. The third-order valence-electron chi connectivity index (χ3n) is 2.72. The molecule has 0 saturated heterocycles. The maximum atomic E-state index is 2.21. The van der Waals surface area contributed by atoms with Gasteiger partial charge >= 0.3 is 0 Å². The zero-order valence-electron chi connectivity index (χ0n) is 9.47. The molecule has 0 aliphatic heterocycles. The lowest BCUT2D eigenvalue weighted by Crippen LogP contribution is -1.97. The molecule has 82 valence electrons. The highest BCUT2D eigenvalue weighted by atomic mass is 32.2. The van der Waals surface area contributed by atoms with E-state index in [0.717, 1.165) is 6.42 Å². The van der Waals surface area contributed by atoms with Gasteiger partial charge in [-0.05, 0) is 23.8 Å². The summed E-state index contributed by atoms with van der Waals surface area (Å²) in [6.45, 7) is 0. The van der Waals surface area contributed by atoms with Gasteiger partial charge in [-0.15, -0.1) is 0 Å². The van der Waals surface area contributed by atoms with E-state index >= 15 is 0 Å². The molecular weight excluding hydrogens is 212 g/mol. The van der Waals surface area contributed by atoms with Gasteiger partial charge in [-0.1, -0.05) is 60.7 Å². The number of hydrogen-bond donors (Lipinski definition) is 0. The SMILES string of the molecule is CS[C@@H](Cc1ccccc1)c1ccccc1. The van der Waals surface area contributed by atoms with Gasteiger partial charge in [0.15, 0.2) is 0 Å². The van der Waals surface area contributed by atoms with Crippen molar-refractivity contribution in [3.63, 3.8) is 0 Å². The van der Waals surface area contributed by atoms with Crippen molar-refractivity contribution >= 4 is 11.8 Å². The standard InChI is InChI=1S/C15H16S/c1-16-15(14-10-6-3-7-11-14)12-13-8-4-2-5-9-13/h2-11,15H,12H2,1H3/t15-/m0/s1. The van der Waals surface area contributed by atoms with Gasteiger partial charge in [0.05, 0.1) is 0 Å². The Bertz CT molecular complexity index is 408. The van der Waals surface area contributed by atoms with Crippen LogP contribution in [0.3, 0.4) is 0 Å². The summed E-state index contributed by atoms with van der Waals surface area (Å²) in [4.78, 5) is 0. The van der Waals surface area contributed by atoms with Crippen LogP contribution in [-0.4, -0.2) is 6.26 Å². The van der Waals surface area contributed by atoms with Gasteiger partial charge in [0.25, 0.3) is 0 Å². The summed E-state index contributed by atoms with van der Waals surface area (Å²) in [5, 5.41) is 0.559. The lowest BCUT2D eigenvalue weighted by atomic mass is 10.0. The molecule has 0 aliphatic rings. The van der Waals surface area contributed by atoms with Crippen LogP contribution in [0.4, 0.5) is 0 Å². The molecule has 2 aromatic rings. The van der Waals surface area contributed by atoms with Gasteiger partial charge in [0.1, 0.15) is 0 Å². The van der Waals surface area contributed by atoms with Gasteiger partial charge in [0, 0.05) is 5.25 Å². The average Bonchev–Trinajstić information content (AvgIpc) is 2.38. The molecule has 0 N–H and O–H groups in total. The van der Waals surface area contributed by atoms with Crippen LogP contribution in [-0.2, 0) is 6.42 Å². The lowest BCUT2D eigenvalue weighted by molar-refractivity contribution is 0.935. The van der Waals surface area contributed by atoms with Gasteiger partial charge < -0.3 is 0 Å².